The summed E-state index contributed by atoms with van der Waals surface area (Å²) in [6, 6.07) is 6.69. The highest BCUT2D eigenvalue weighted by molar-refractivity contribution is 9.10. The maximum absolute atomic E-state index is 11.3. The molecule has 1 rings (SSSR count). The summed E-state index contributed by atoms with van der Waals surface area (Å²) in [4.78, 5) is 10.8. The summed E-state index contributed by atoms with van der Waals surface area (Å²) in [5, 5.41) is 0. The molecule has 1 N–H and O–H groups in total. The van der Waals surface area contributed by atoms with Gasteiger partial charge in [-0.25, -0.2) is 13.1 Å². The molecule has 0 aliphatic heterocycles. The summed E-state index contributed by atoms with van der Waals surface area (Å²) in [5.74, 6) is -0.0301. The van der Waals surface area contributed by atoms with Gasteiger partial charge >= 0.3 is 0 Å². The summed E-state index contributed by atoms with van der Waals surface area (Å²) < 4.78 is 26.0. The Morgan fingerprint density at radius 3 is 2.41 bits per heavy atom. The van der Waals surface area contributed by atoms with Crippen molar-refractivity contribution >= 4 is 32.2 Å². The SMILES string of the molecule is CCS(=O)(=O)N[C@@H](C=O)Cc1ccc(Br)cc1. The average molecular weight is 320 g/mol. The number of nitrogens with one attached hydrogen (secondary N) is 1. The second-order valence-corrected chi connectivity index (χ2v) is 6.55. The van der Waals surface area contributed by atoms with E-state index in [1.165, 1.54) is 6.92 Å². The largest absolute Gasteiger partial charge is 0.302 e. The van der Waals surface area contributed by atoms with Crippen molar-refractivity contribution in [1.82, 2.24) is 4.72 Å². The predicted molar refractivity (Wildman–Crippen MR) is 70.3 cm³/mol. The Kier molecular flexibility index (Phi) is 5.30. The third-order valence-electron chi connectivity index (χ3n) is 2.24. The van der Waals surface area contributed by atoms with E-state index < -0.39 is 16.1 Å². The molecule has 4 nitrogen and oxygen atoms in total. The molecule has 0 saturated carbocycles. The molecule has 0 saturated heterocycles. The Balaban J connectivity index is 2.71. The highest BCUT2D eigenvalue weighted by Gasteiger charge is 2.15. The van der Waals surface area contributed by atoms with Crippen LogP contribution in [0.3, 0.4) is 0 Å². The van der Waals surface area contributed by atoms with Gasteiger partial charge in [-0.15, -0.1) is 0 Å². The first-order valence-electron chi connectivity index (χ1n) is 5.16. The first-order chi connectivity index (χ1) is 7.96. The lowest BCUT2D eigenvalue weighted by Crippen LogP contribution is -2.38. The average Bonchev–Trinajstić information content (AvgIpc) is 2.31. The standard InChI is InChI=1S/C11H14BrNO3S/c1-2-17(15,16)13-11(8-14)7-9-3-5-10(12)6-4-9/h3-6,8,11,13H,2,7H2,1H3/t11-/m1/s1. The summed E-state index contributed by atoms with van der Waals surface area (Å²) in [5.41, 5.74) is 0.907. The van der Waals surface area contributed by atoms with Crippen molar-refractivity contribution in [3.8, 4) is 0 Å². The Morgan fingerprint density at radius 2 is 1.94 bits per heavy atom. The molecule has 0 aliphatic rings. The predicted octanol–water partition coefficient (Wildman–Crippen LogP) is 1.50. The fourth-order valence-electron chi connectivity index (χ4n) is 1.31. The number of rotatable bonds is 6. The summed E-state index contributed by atoms with van der Waals surface area (Å²) >= 11 is 3.31. The van der Waals surface area contributed by atoms with Crippen LogP contribution in [0.15, 0.2) is 28.7 Å². The Morgan fingerprint density at radius 1 is 1.35 bits per heavy atom. The Labute approximate surface area is 110 Å². The molecule has 6 heteroatoms. The van der Waals surface area contributed by atoms with Crippen LogP contribution in [0.25, 0.3) is 0 Å². The minimum atomic E-state index is -3.35. The number of sulfonamides is 1. The zero-order valence-electron chi connectivity index (χ0n) is 9.39. The van der Waals surface area contributed by atoms with E-state index in [0.29, 0.717) is 12.7 Å². The molecule has 0 bridgehead atoms. The third-order valence-corrected chi connectivity index (χ3v) is 4.19. The lowest BCUT2D eigenvalue weighted by molar-refractivity contribution is -0.109. The van der Waals surface area contributed by atoms with Crippen molar-refractivity contribution in [2.45, 2.75) is 19.4 Å². The summed E-state index contributed by atoms with van der Waals surface area (Å²) in [6.45, 7) is 1.53. The zero-order valence-corrected chi connectivity index (χ0v) is 11.8. The maximum Gasteiger partial charge on any atom is 0.211 e. The molecular formula is C11H14BrNO3S. The van der Waals surface area contributed by atoms with Gasteiger partial charge in [0.15, 0.2) is 0 Å². The van der Waals surface area contributed by atoms with Gasteiger partial charge in [0.25, 0.3) is 0 Å². The first-order valence-corrected chi connectivity index (χ1v) is 7.61. The van der Waals surface area contributed by atoms with Crippen molar-refractivity contribution in [3.05, 3.63) is 34.3 Å². The number of aldehydes is 1. The smallest absolute Gasteiger partial charge is 0.211 e. The van der Waals surface area contributed by atoms with Crippen molar-refractivity contribution in [1.29, 1.82) is 0 Å². The molecule has 0 unspecified atom stereocenters. The van der Waals surface area contributed by atoms with Crippen LogP contribution in [0.1, 0.15) is 12.5 Å². The molecule has 0 fully saturated rings. The zero-order chi connectivity index (χ0) is 12.9. The van der Waals surface area contributed by atoms with Gasteiger partial charge in [-0.2, -0.15) is 0 Å². The fraction of sp³-hybridized carbons (Fsp3) is 0.364. The molecule has 0 amide bonds. The minimum absolute atomic E-state index is 0.0301. The van der Waals surface area contributed by atoms with Gasteiger partial charge in [-0.05, 0) is 31.0 Å². The first kappa shape index (κ1) is 14.3. The molecule has 1 aromatic carbocycles. The molecule has 94 valence electrons. The number of hydrogen-bond donors (Lipinski definition) is 1. The third kappa shape index (κ3) is 4.97. The molecule has 0 aromatic heterocycles. The van der Waals surface area contributed by atoms with Crippen LogP contribution < -0.4 is 4.72 Å². The topological polar surface area (TPSA) is 63.2 Å². The van der Waals surface area contributed by atoms with E-state index in [-0.39, 0.29) is 5.75 Å². The van der Waals surface area contributed by atoms with Crippen molar-refractivity contribution < 1.29 is 13.2 Å². The van der Waals surface area contributed by atoms with Crippen LogP contribution in [0, 0.1) is 0 Å². The van der Waals surface area contributed by atoms with Gasteiger partial charge in [0, 0.05) is 4.47 Å². The van der Waals surface area contributed by atoms with Crippen LogP contribution in [0.4, 0.5) is 0 Å². The highest BCUT2D eigenvalue weighted by atomic mass is 79.9. The molecule has 0 spiro atoms. The van der Waals surface area contributed by atoms with Gasteiger partial charge in [0.1, 0.15) is 6.29 Å². The van der Waals surface area contributed by atoms with Crippen LogP contribution in [0.5, 0.6) is 0 Å². The monoisotopic (exact) mass is 319 g/mol. The van der Waals surface area contributed by atoms with Crippen LogP contribution in [-0.4, -0.2) is 26.5 Å². The highest BCUT2D eigenvalue weighted by Crippen LogP contribution is 2.11. The van der Waals surface area contributed by atoms with E-state index >= 15 is 0 Å². The number of carbonyl (C=O) groups excluding carboxylic acids is 1. The van der Waals surface area contributed by atoms with Gasteiger partial charge in [0.2, 0.25) is 10.0 Å². The van der Waals surface area contributed by atoms with E-state index in [1.54, 1.807) is 0 Å². The number of hydrogen-bond acceptors (Lipinski definition) is 3. The Bertz CT molecular complexity index is 470. The number of benzene rings is 1. The lowest BCUT2D eigenvalue weighted by Gasteiger charge is -2.12. The minimum Gasteiger partial charge on any atom is -0.302 e. The molecule has 0 aliphatic carbocycles. The maximum atomic E-state index is 11.3. The van der Waals surface area contributed by atoms with Crippen LogP contribution in [0.2, 0.25) is 0 Å². The van der Waals surface area contributed by atoms with Crippen LogP contribution in [-0.2, 0) is 21.2 Å². The lowest BCUT2D eigenvalue weighted by atomic mass is 10.1. The van der Waals surface area contributed by atoms with E-state index in [9.17, 15) is 13.2 Å². The molecule has 1 atom stereocenters. The van der Waals surface area contributed by atoms with E-state index in [2.05, 4.69) is 20.7 Å². The van der Waals surface area contributed by atoms with Crippen molar-refractivity contribution in [2.24, 2.45) is 0 Å². The fourth-order valence-corrected chi connectivity index (χ4v) is 2.34. The molecule has 1 aromatic rings. The van der Waals surface area contributed by atoms with E-state index in [0.717, 1.165) is 10.0 Å². The van der Waals surface area contributed by atoms with Crippen LogP contribution >= 0.6 is 15.9 Å². The van der Waals surface area contributed by atoms with Gasteiger partial charge in [-0.3, -0.25) is 0 Å². The van der Waals surface area contributed by atoms with E-state index in [1.807, 2.05) is 24.3 Å². The molecule has 0 radical (unpaired) electrons. The molecule has 17 heavy (non-hydrogen) atoms. The summed E-state index contributed by atoms with van der Waals surface area (Å²) in [7, 11) is -3.35. The van der Waals surface area contributed by atoms with Crippen molar-refractivity contribution in [2.75, 3.05) is 5.75 Å². The quantitative estimate of drug-likeness (QED) is 0.808. The van der Waals surface area contributed by atoms with Crippen molar-refractivity contribution in [3.63, 3.8) is 0 Å². The second kappa shape index (κ2) is 6.28. The van der Waals surface area contributed by atoms with E-state index in [4.69, 9.17) is 0 Å². The normalized spacial score (nSPS) is 13.3. The van der Waals surface area contributed by atoms with Gasteiger partial charge in [-0.1, -0.05) is 28.1 Å². The number of halogens is 1. The molecular weight excluding hydrogens is 306 g/mol. The Hall–Kier alpha value is -0.720. The second-order valence-electron chi connectivity index (χ2n) is 3.59. The molecule has 0 heterocycles. The summed E-state index contributed by atoms with van der Waals surface area (Å²) in [6.07, 6.45) is 0.977. The number of carbonyl (C=O) groups is 1. The van der Waals surface area contributed by atoms with Gasteiger partial charge in [0.05, 0.1) is 11.8 Å². The van der Waals surface area contributed by atoms with Gasteiger partial charge < -0.3 is 4.79 Å².